The predicted octanol–water partition coefficient (Wildman–Crippen LogP) is 1.97. The molecule has 4 nitrogen and oxygen atoms in total. The van der Waals surface area contributed by atoms with Crippen molar-refractivity contribution in [2.45, 2.75) is 13.1 Å². The predicted molar refractivity (Wildman–Crippen MR) is 60.0 cm³/mol. The third kappa shape index (κ3) is 2.84. The average molecular weight is 218 g/mol. The first-order valence-corrected chi connectivity index (χ1v) is 5.09. The van der Waals surface area contributed by atoms with Crippen molar-refractivity contribution >= 4 is 0 Å². The second-order valence-corrected chi connectivity index (χ2v) is 3.44. The summed E-state index contributed by atoms with van der Waals surface area (Å²) in [4.78, 5) is 4.05. The number of nitrogens with zero attached hydrogens (tertiary/aromatic N) is 1. The highest BCUT2D eigenvalue weighted by atomic mass is 16.5. The largest absolute Gasteiger partial charge is 0.481 e. The van der Waals surface area contributed by atoms with Crippen molar-refractivity contribution in [3.8, 4) is 5.88 Å². The molecule has 4 heteroatoms. The van der Waals surface area contributed by atoms with Crippen LogP contribution in [0.1, 0.15) is 11.1 Å². The van der Waals surface area contributed by atoms with Gasteiger partial charge in [0.25, 0.3) is 0 Å². The van der Waals surface area contributed by atoms with Gasteiger partial charge in [0.15, 0.2) is 0 Å². The minimum Gasteiger partial charge on any atom is -0.481 e. The number of nitrogens with one attached hydrogen (secondary N) is 1. The van der Waals surface area contributed by atoms with Crippen molar-refractivity contribution in [1.29, 1.82) is 0 Å². The van der Waals surface area contributed by atoms with Gasteiger partial charge in [-0.2, -0.15) is 0 Å². The number of hydrogen-bond acceptors (Lipinski definition) is 4. The molecule has 2 aromatic heterocycles. The lowest BCUT2D eigenvalue weighted by Gasteiger charge is -2.04. The van der Waals surface area contributed by atoms with Crippen LogP contribution < -0.4 is 10.1 Å². The zero-order valence-corrected chi connectivity index (χ0v) is 9.14. The molecule has 0 saturated carbocycles. The smallest absolute Gasteiger partial charge is 0.213 e. The van der Waals surface area contributed by atoms with E-state index in [4.69, 9.17) is 9.15 Å². The third-order valence-corrected chi connectivity index (χ3v) is 2.25. The van der Waals surface area contributed by atoms with Gasteiger partial charge in [-0.15, -0.1) is 0 Å². The zero-order valence-electron chi connectivity index (χ0n) is 9.14. The van der Waals surface area contributed by atoms with Crippen LogP contribution in [0.4, 0.5) is 0 Å². The molecule has 0 spiro atoms. The Bertz CT molecular complexity index is 426. The van der Waals surface area contributed by atoms with Crippen LogP contribution in [0.3, 0.4) is 0 Å². The molecular formula is C12H14N2O2. The number of methoxy groups -OCH3 is 1. The average Bonchev–Trinajstić information content (AvgIpc) is 2.82. The van der Waals surface area contributed by atoms with Crippen LogP contribution in [0.15, 0.2) is 41.3 Å². The molecule has 0 aliphatic heterocycles. The monoisotopic (exact) mass is 218 g/mol. The Labute approximate surface area is 94.3 Å². The van der Waals surface area contributed by atoms with Gasteiger partial charge in [-0.05, 0) is 17.7 Å². The SMILES string of the molecule is COc1cc(CNCc2ccoc2)ccn1. The summed E-state index contributed by atoms with van der Waals surface area (Å²) in [6.45, 7) is 1.57. The molecule has 0 aromatic carbocycles. The fourth-order valence-corrected chi connectivity index (χ4v) is 1.42. The Morgan fingerprint density at radius 2 is 2.19 bits per heavy atom. The molecule has 0 amide bonds. The minimum atomic E-state index is 0.641. The number of rotatable bonds is 5. The molecule has 0 aliphatic rings. The number of ether oxygens (including phenoxy) is 1. The third-order valence-electron chi connectivity index (χ3n) is 2.25. The number of aromatic nitrogens is 1. The molecule has 0 aliphatic carbocycles. The lowest BCUT2D eigenvalue weighted by Crippen LogP contribution is -2.12. The highest BCUT2D eigenvalue weighted by molar-refractivity contribution is 5.20. The summed E-state index contributed by atoms with van der Waals surface area (Å²) >= 11 is 0. The quantitative estimate of drug-likeness (QED) is 0.833. The Morgan fingerprint density at radius 1 is 1.31 bits per heavy atom. The Balaban J connectivity index is 1.85. The zero-order chi connectivity index (χ0) is 11.2. The van der Waals surface area contributed by atoms with Gasteiger partial charge in [0.1, 0.15) is 0 Å². The van der Waals surface area contributed by atoms with Gasteiger partial charge in [-0.25, -0.2) is 4.98 Å². The van der Waals surface area contributed by atoms with Gasteiger partial charge >= 0.3 is 0 Å². The van der Waals surface area contributed by atoms with E-state index in [1.807, 2.05) is 18.2 Å². The van der Waals surface area contributed by atoms with Crippen molar-refractivity contribution in [2.75, 3.05) is 7.11 Å². The molecular weight excluding hydrogens is 204 g/mol. The van der Waals surface area contributed by atoms with E-state index in [1.165, 1.54) is 0 Å². The normalized spacial score (nSPS) is 10.3. The molecule has 16 heavy (non-hydrogen) atoms. The van der Waals surface area contributed by atoms with E-state index in [0.717, 1.165) is 24.2 Å². The summed E-state index contributed by atoms with van der Waals surface area (Å²) in [5.41, 5.74) is 2.29. The summed E-state index contributed by atoms with van der Waals surface area (Å²) in [6, 6.07) is 5.83. The molecule has 1 N–H and O–H groups in total. The van der Waals surface area contributed by atoms with E-state index < -0.39 is 0 Å². The number of furan rings is 1. The maximum Gasteiger partial charge on any atom is 0.213 e. The van der Waals surface area contributed by atoms with E-state index in [2.05, 4.69) is 10.3 Å². The van der Waals surface area contributed by atoms with E-state index in [-0.39, 0.29) is 0 Å². The fraction of sp³-hybridized carbons (Fsp3) is 0.250. The molecule has 0 saturated heterocycles. The van der Waals surface area contributed by atoms with Crippen molar-refractivity contribution in [2.24, 2.45) is 0 Å². The Hall–Kier alpha value is -1.81. The summed E-state index contributed by atoms with van der Waals surface area (Å²) in [7, 11) is 1.62. The maximum atomic E-state index is 5.05. The second-order valence-electron chi connectivity index (χ2n) is 3.44. The standard InChI is InChI=1S/C12H14N2O2/c1-15-12-6-10(2-4-14-12)7-13-8-11-3-5-16-9-11/h2-6,9,13H,7-8H2,1H3. The topological polar surface area (TPSA) is 47.3 Å². The highest BCUT2D eigenvalue weighted by Crippen LogP contribution is 2.08. The summed E-state index contributed by atoms with van der Waals surface area (Å²) in [5.74, 6) is 0.641. The van der Waals surface area contributed by atoms with Crippen LogP contribution in [-0.4, -0.2) is 12.1 Å². The van der Waals surface area contributed by atoms with E-state index in [1.54, 1.807) is 25.8 Å². The van der Waals surface area contributed by atoms with E-state index >= 15 is 0 Å². The summed E-state index contributed by atoms with van der Waals surface area (Å²) in [6.07, 6.45) is 5.15. The van der Waals surface area contributed by atoms with Gasteiger partial charge < -0.3 is 14.5 Å². The molecule has 0 radical (unpaired) electrons. The van der Waals surface area contributed by atoms with Gasteiger partial charge in [-0.1, -0.05) is 0 Å². The van der Waals surface area contributed by atoms with Crippen molar-refractivity contribution in [3.05, 3.63) is 48.0 Å². The molecule has 2 heterocycles. The fourth-order valence-electron chi connectivity index (χ4n) is 1.42. The van der Waals surface area contributed by atoms with Crippen molar-refractivity contribution < 1.29 is 9.15 Å². The molecule has 2 aromatic rings. The number of pyridine rings is 1. The summed E-state index contributed by atoms with van der Waals surface area (Å²) in [5, 5.41) is 3.31. The van der Waals surface area contributed by atoms with Gasteiger partial charge in [0, 0.05) is 30.9 Å². The van der Waals surface area contributed by atoms with Crippen LogP contribution in [0.5, 0.6) is 5.88 Å². The van der Waals surface area contributed by atoms with Crippen LogP contribution in [-0.2, 0) is 13.1 Å². The molecule has 0 unspecified atom stereocenters. The first-order valence-electron chi connectivity index (χ1n) is 5.09. The van der Waals surface area contributed by atoms with Gasteiger partial charge in [0.2, 0.25) is 5.88 Å². The van der Waals surface area contributed by atoms with E-state index in [9.17, 15) is 0 Å². The van der Waals surface area contributed by atoms with Crippen LogP contribution >= 0.6 is 0 Å². The maximum absolute atomic E-state index is 5.05. The van der Waals surface area contributed by atoms with Gasteiger partial charge in [0.05, 0.1) is 19.6 Å². The van der Waals surface area contributed by atoms with Crippen LogP contribution in [0, 0.1) is 0 Å². The molecule has 0 bridgehead atoms. The Kier molecular flexibility index (Phi) is 3.56. The first-order chi connectivity index (χ1) is 7.88. The van der Waals surface area contributed by atoms with E-state index in [0.29, 0.717) is 5.88 Å². The first kappa shape index (κ1) is 10.7. The molecule has 0 fully saturated rings. The lowest BCUT2D eigenvalue weighted by atomic mass is 10.2. The molecule has 2 rings (SSSR count). The lowest BCUT2D eigenvalue weighted by molar-refractivity contribution is 0.397. The number of hydrogen-bond donors (Lipinski definition) is 1. The van der Waals surface area contributed by atoms with Crippen LogP contribution in [0.25, 0.3) is 0 Å². The summed E-state index contributed by atoms with van der Waals surface area (Å²) < 4.78 is 10.0. The highest BCUT2D eigenvalue weighted by Gasteiger charge is 1.97. The van der Waals surface area contributed by atoms with Gasteiger partial charge in [-0.3, -0.25) is 0 Å². The second kappa shape index (κ2) is 5.32. The van der Waals surface area contributed by atoms with Crippen molar-refractivity contribution in [3.63, 3.8) is 0 Å². The Morgan fingerprint density at radius 3 is 2.94 bits per heavy atom. The van der Waals surface area contributed by atoms with Crippen LogP contribution in [0.2, 0.25) is 0 Å². The molecule has 84 valence electrons. The molecule has 0 atom stereocenters. The van der Waals surface area contributed by atoms with Crippen molar-refractivity contribution in [1.82, 2.24) is 10.3 Å². The minimum absolute atomic E-state index is 0.641.